The molecule has 0 saturated carbocycles. The molecular weight excluding hydrogens is 412 g/mol. The molecule has 8 nitrogen and oxygen atoms in total. The van der Waals surface area contributed by atoms with Crippen molar-refractivity contribution >= 4 is 17.8 Å². The largest absolute Gasteiger partial charge is 0.465 e. The summed E-state index contributed by atoms with van der Waals surface area (Å²) >= 11 is 0. The van der Waals surface area contributed by atoms with E-state index in [1.54, 1.807) is 9.80 Å². The van der Waals surface area contributed by atoms with Crippen LogP contribution in [0.3, 0.4) is 0 Å². The Morgan fingerprint density at radius 3 is 2.72 bits per heavy atom. The first kappa shape index (κ1) is 23.0. The normalized spacial score (nSPS) is 35.6. The highest BCUT2D eigenvalue weighted by molar-refractivity contribution is 5.99. The standard InChI is InChI=1S/C24H34N2O6/c1-16(2)25-13-9-11-24-19(18-17(32-24)10-5-3-8-15-31-23(18)30)21(28)26(20(24)22(25)29)12-6-4-7-14-27/h5,9-11,16-20,27H,3-4,6-8,12-15H2,1-2H3/b10-5-/t17-,18?,19+,20-,24?/m1/s1. The summed E-state index contributed by atoms with van der Waals surface area (Å²) in [6, 6.07) is -0.844. The lowest BCUT2D eigenvalue weighted by Gasteiger charge is -2.36. The minimum Gasteiger partial charge on any atom is -0.465 e. The van der Waals surface area contributed by atoms with Gasteiger partial charge in [0.25, 0.3) is 0 Å². The maximum atomic E-state index is 13.8. The highest BCUT2D eigenvalue weighted by Crippen LogP contribution is 2.53. The molecule has 4 aliphatic heterocycles. The van der Waals surface area contributed by atoms with Crippen molar-refractivity contribution in [3.8, 4) is 0 Å². The fraction of sp³-hybridized carbons (Fsp3) is 0.708. The number of hydrogen-bond donors (Lipinski definition) is 1. The van der Waals surface area contributed by atoms with Crippen LogP contribution >= 0.6 is 0 Å². The number of rotatable bonds is 6. The van der Waals surface area contributed by atoms with Crippen LogP contribution in [0.4, 0.5) is 0 Å². The third-order valence-electron chi connectivity index (χ3n) is 7.06. The molecule has 0 bridgehead atoms. The molecule has 2 amide bonds. The third-order valence-corrected chi connectivity index (χ3v) is 7.06. The lowest BCUT2D eigenvalue weighted by molar-refractivity contribution is -0.155. The number of hydrogen-bond acceptors (Lipinski definition) is 6. The van der Waals surface area contributed by atoms with Crippen molar-refractivity contribution in [1.82, 2.24) is 9.80 Å². The Labute approximate surface area is 189 Å². The molecule has 0 radical (unpaired) electrons. The van der Waals surface area contributed by atoms with Gasteiger partial charge in [-0.25, -0.2) is 0 Å². The van der Waals surface area contributed by atoms with Gasteiger partial charge in [0, 0.05) is 25.7 Å². The predicted octanol–water partition coefficient (Wildman–Crippen LogP) is 1.43. The van der Waals surface area contributed by atoms with Gasteiger partial charge in [0.15, 0.2) is 0 Å². The van der Waals surface area contributed by atoms with Crippen LogP contribution < -0.4 is 0 Å². The number of unbranched alkanes of at least 4 members (excludes halogenated alkanes) is 2. The summed E-state index contributed by atoms with van der Waals surface area (Å²) in [5.74, 6) is -2.36. The van der Waals surface area contributed by atoms with Gasteiger partial charge < -0.3 is 24.4 Å². The van der Waals surface area contributed by atoms with E-state index in [2.05, 4.69) is 0 Å². The number of aliphatic hydroxyl groups excluding tert-OH is 1. The molecule has 2 saturated heterocycles. The molecule has 0 aromatic heterocycles. The third kappa shape index (κ3) is 3.77. The second-order valence-electron chi connectivity index (χ2n) is 9.38. The van der Waals surface area contributed by atoms with Crippen LogP contribution in [0.2, 0.25) is 0 Å². The second-order valence-corrected chi connectivity index (χ2v) is 9.38. The minimum atomic E-state index is -1.19. The molecule has 176 valence electrons. The number of carbonyl (C=O) groups is 3. The number of nitrogens with zero attached hydrogens (tertiary/aromatic N) is 2. The summed E-state index contributed by atoms with van der Waals surface area (Å²) in [5, 5.41) is 9.11. The first-order valence-corrected chi connectivity index (χ1v) is 11.8. The van der Waals surface area contributed by atoms with Crippen LogP contribution in [-0.4, -0.2) is 82.8 Å². The van der Waals surface area contributed by atoms with Crippen LogP contribution in [-0.2, 0) is 23.9 Å². The van der Waals surface area contributed by atoms with Gasteiger partial charge in [0.1, 0.15) is 17.6 Å². The van der Waals surface area contributed by atoms with E-state index in [9.17, 15) is 14.4 Å². The zero-order valence-corrected chi connectivity index (χ0v) is 18.9. The van der Waals surface area contributed by atoms with Crippen LogP contribution in [0.1, 0.15) is 46.0 Å². The lowest BCUT2D eigenvalue weighted by Crippen LogP contribution is -2.56. The number of likely N-dealkylation sites (tertiary alicyclic amines) is 1. The number of esters is 1. The van der Waals surface area contributed by atoms with E-state index in [0.717, 1.165) is 19.3 Å². The Balaban J connectivity index is 1.75. The maximum Gasteiger partial charge on any atom is 0.312 e. The Kier molecular flexibility index (Phi) is 6.72. The number of allylic oxidation sites excluding steroid dienone is 1. The van der Waals surface area contributed by atoms with Gasteiger partial charge in [-0.3, -0.25) is 14.4 Å². The Morgan fingerprint density at radius 2 is 1.97 bits per heavy atom. The van der Waals surface area contributed by atoms with Crippen molar-refractivity contribution in [2.75, 3.05) is 26.3 Å². The SMILES string of the molecule is CC(C)N1CC=CC23O[C@@H]4/C=C\CCCOC(=O)C4[C@H]2C(=O)N(CCCCCO)[C@@H]3C1=O. The zero-order chi connectivity index (χ0) is 22.9. The average Bonchev–Trinajstić information content (AvgIpc) is 3.16. The molecule has 0 aromatic carbocycles. The Bertz CT molecular complexity index is 808. The van der Waals surface area contributed by atoms with E-state index in [-0.39, 0.29) is 24.5 Å². The van der Waals surface area contributed by atoms with E-state index >= 15 is 0 Å². The van der Waals surface area contributed by atoms with Gasteiger partial charge in [-0.15, -0.1) is 0 Å². The summed E-state index contributed by atoms with van der Waals surface area (Å²) in [4.78, 5) is 44.0. The molecule has 8 heteroatoms. The Hall–Kier alpha value is -2.19. The number of carbonyl (C=O) groups excluding carboxylic acids is 3. The number of amides is 2. The molecule has 4 aliphatic rings. The summed E-state index contributed by atoms with van der Waals surface area (Å²) < 4.78 is 12.0. The van der Waals surface area contributed by atoms with Crippen molar-refractivity contribution in [1.29, 1.82) is 0 Å². The quantitative estimate of drug-likeness (QED) is 0.377. The zero-order valence-electron chi connectivity index (χ0n) is 18.9. The molecule has 5 atom stereocenters. The molecule has 1 spiro atoms. The van der Waals surface area contributed by atoms with Crippen molar-refractivity contribution in [2.45, 2.75) is 69.7 Å². The van der Waals surface area contributed by atoms with Crippen molar-refractivity contribution in [2.24, 2.45) is 11.8 Å². The molecule has 1 N–H and O–H groups in total. The number of fused-ring (bicyclic) bond motifs is 2. The number of ether oxygens (including phenoxy) is 2. The topological polar surface area (TPSA) is 96.4 Å². The monoisotopic (exact) mass is 446 g/mol. The smallest absolute Gasteiger partial charge is 0.312 e. The fourth-order valence-corrected chi connectivity index (χ4v) is 5.55. The highest BCUT2D eigenvalue weighted by Gasteiger charge is 2.71. The number of cyclic esters (lactones) is 1. The molecule has 4 rings (SSSR count). The van der Waals surface area contributed by atoms with Crippen molar-refractivity contribution in [3.05, 3.63) is 24.3 Å². The average molecular weight is 447 g/mol. The van der Waals surface area contributed by atoms with Crippen LogP contribution in [0.5, 0.6) is 0 Å². The molecule has 4 heterocycles. The predicted molar refractivity (Wildman–Crippen MR) is 116 cm³/mol. The summed E-state index contributed by atoms with van der Waals surface area (Å²) in [6.45, 7) is 5.14. The van der Waals surface area contributed by atoms with E-state index in [0.29, 0.717) is 32.5 Å². The highest BCUT2D eigenvalue weighted by atomic mass is 16.6. The Morgan fingerprint density at radius 1 is 1.16 bits per heavy atom. The van der Waals surface area contributed by atoms with E-state index in [4.69, 9.17) is 14.6 Å². The van der Waals surface area contributed by atoms with Gasteiger partial charge in [-0.2, -0.15) is 0 Å². The minimum absolute atomic E-state index is 0.0313. The van der Waals surface area contributed by atoms with Crippen LogP contribution in [0, 0.1) is 11.8 Å². The lowest BCUT2D eigenvalue weighted by atomic mass is 9.78. The number of aliphatic hydroxyl groups is 1. The summed E-state index contributed by atoms with van der Waals surface area (Å²) in [7, 11) is 0. The first-order valence-electron chi connectivity index (χ1n) is 11.8. The summed E-state index contributed by atoms with van der Waals surface area (Å²) in [5.41, 5.74) is -1.19. The van der Waals surface area contributed by atoms with Gasteiger partial charge in [0.2, 0.25) is 11.8 Å². The molecule has 32 heavy (non-hydrogen) atoms. The van der Waals surface area contributed by atoms with E-state index in [1.807, 2.05) is 38.2 Å². The van der Waals surface area contributed by atoms with E-state index in [1.165, 1.54) is 0 Å². The van der Waals surface area contributed by atoms with Gasteiger partial charge in [-0.1, -0.05) is 24.3 Å². The molecule has 2 fully saturated rings. The molecular formula is C24H34N2O6. The summed E-state index contributed by atoms with van der Waals surface area (Å²) in [6.07, 6.45) is 10.6. The van der Waals surface area contributed by atoms with Crippen LogP contribution in [0.25, 0.3) is 0 Å². The van der Waals surface area contributed by atoms with Gasteiger partial charge in [-0.05, 0) is 46.0 Å². The van der Waals surface area contributed by atoms with Crippen molar-refractivity contribution < 1.29 is 29.0 Å². The fourth-order valence-electron chi connectivity index (χ4n) is 5.55. The molecule has 2 unspecified atom stereocenters. The molecule has 0 aromatic rings. The van der Waals surface area contributed by atoms with E-state index < -0.39 is 35.6 Å². The maximum absolute atomic E-state index is 13.8. The second kappa shape index (κ2) is 9.35. The molecule has 0 aliphatic carbocycles. The van der Waals surface area contributed by atoms with Gasteiger partial charge >= 0.3 is 5.97 Å². The first-order chi connectivity index (χ1) is 15.4. The van der Waals surface area contributed by atoms with Gasteiger partial charge in [0.05, 0.1) is 18.6 Å². The van der Waals surface area contributed by atoms with Crippen LogP contribution in [0.15, 0.2) is 24.3 Å². The van der Waals surface area contributed by atoms with Crippen molar-refractivity contribution in [3.63, 3.8) is 0 Å².